The van der Waals surface area contributed by atoms with Gasteiger partial charge < -0.3 is 10.2 Å². The molecule has 2 rings (SSSR count). The molecule has 5 nitrogen and oxygen atoms in total. The molecule has 1 heterocycles. The van der Waals surface area contributed by atoms with E-state index < -0.39 is 5.41 Å². The second kappa shape index (κ2) is 8.61. The number of nitrogens with one attached hydrogen (secondary N) is 1. The summed E-state index contributed by atoms with van der Waals surface area (Å²) in [6, 6.07) is 13.5. The van der Waals surface area contributed by atoms with Crippen LogP contribution in [0.2, 0.25) is 0 Å². The molecule has 0 saturated carbocycles. The topological polar surface area (TPSA) is 62.3 Å². The molecule has 0 radical (unpaired) electrons. The summed E-state index contributed by atoms with van der Waals surface area (Å²) in [7, 11) is 0. The van der Waals surface area contributed by atoms with Gasteiger partial charge in [0.05, 0.1) is 0 Å². The van der Waals surface area contributed by atoms with Crippen LogP contribution in [0.5, 0.6) is 0 Å². The largest absolute Gasteiger partial charge is 0.351 e. The van der Waals surface area contributed by atoms with E-state index in [2.05, 4.69) is 10.3 Å². The summed E-state index contributed by atoms with van der Waals surface area (Å²) in [5.41, 5.74) is 0.843. The Kier molecular flexibility index (Phi) is 6.50. The summed E-state index contributed by atoms with van der Waals surface area (Å²) >= 11 is 0. The Morgan fingerprint density at radius 2 is 1.65 bits per heavy atom. The zero-order chi connectivity index (χ0) is 19.2. The number of benzene rings is 1. The highest BCUT2D eigenvalue weighted by molar-refractivity contribution is 6.04. The van der Waals surface area contributed by atoms with Gasteiger partial charge in [-0.15, -0.1) is 0 Å². The predicted octanol–water partition coefficient (Wildman–Crippen LogP) is 3.16. The van der Waals surface area contributed by atoms with Crippen molar-refractivity contribution in [1.82, 2.24) is 15.2 Å². The molecule has 0 atom stereocenters. The van der Waals surface area contributed by atoms with Crippen LogP contribution in [0.3, 0.4) is 0 Å². The van der Waals surface area contributed by atoms with Gasteiger partial charge in [0.2, 0.25) is 11.8 Å². The summed E-state index contributed by atoms with van der Waals surface area (Å²) in [5.74, 6) is -0.457. The van der Waals surface area contributed by atoms with E-state index in [9.17, 15) is 9.59 Å². The third-order valence-electron chi connectivity index (χ3n) is 4.38. The lowest BCUT2D eigenvalue weighted by Crippen LogP contribution is -2.51. The lowest BCUT2D eigenvalue weighted by Gasteiger charge is -2.34. The maximum atomic E-state index is 13.1. The van der Waals surface area contributed by atoms with Gasteiger partial charge in [-0.3, -0.25) is 14.6 Å². The molecule has 0 aliphatic heterocycles. The molecule has 0 aliphatic rings. The summed E-state index contributed by atoms with van der Waals surface area (Å²) in [6.07, 6.45) is 3.36. The van der Waals surface area contributed by atoms with E-state index in [1.165, 1.54) is 0 Å². The van der Waals surface area contributed by atoms with Gasteiger partial charge in [0, 0.05) is 31.5 Å². The maximum absolute atomic E-state index is 13.1. The molecule has 5 heteroatoms. The molecule has 0 aliphatic carbocycles. The zero-order valence-corrected chi connectivity index (χ0v) is 15.9. The summed E-state index contributed by atoms with van der Waals surface area (Å²) in [6.45, 7) is 8.14. The molecule has 1 N–H and O–H groups in total. The van der Waals surface area contributed by atoms with Gasteiger partial charge in [-0.05, 0) is 51.0 Å². The number of carbonyl (C=O) groups excluding carboxylic acids is 2. The second-order valence-corrected chi connectivity index (χ2v) is 7.18. The Balaban J connectivity index is 2.08. The van der Waals surface area contributed by atoms with E-state index in [1.807, 2.05) is 56.3 Å². The van der Waals surface area contributed by atoms with Crippen molar-refractivity contribution in [3.63, 3.8) is 0 Å². The Bertz CT molecular complexity index is 727. The number of rotatable bonds is 7. The van der Waals surface area contributed by atoms with Crippen LogP contribution in [-0.4, -0.2) is 27.7 Å². The summed E-state index contributed by atoms with van der Waals surface area (Å²) in [5, 5.41) is 2.86. The van der Waals surface area contributed by atoms with Crippen molar-refractivity contribution in [3.05, 3.63) is 66.0 Å². The minimum atomic E-state index is -1.15. The van der Waals surface area contributed by atoms with Crippen LogP contribution in [0.25, 0.3) is 0 Å². The van der Waals surface area contributed by atoms with Crippen molar-refractivity contribution >= 4 is 11.8 Å². The van der Waals surface area contributed by atoms with E-state index in [4.69, 9.17) is 0 Å². The fourth-order valence-corrected chi connectivity index (χ4v) is 2.63. The van der Waals surface area contributed by atoms with Gasteiger partial charge in [0.1, 0.15) is 5.41 Å². The minimum absolute atomic E-state index is 0.00465. The van der Waals surface area contributed by atoms with Crippen molar-refractivity contribution in [3.8, 4) is 0 Å². The van der Waals surface area contributed by atoms with Crippen molar-refractivity contribution in [2.75, 3.05) is 0 Å². The molecular formula is C21H27N3O2. The zero-order valence-electron chi connectivity index (χ0n) is 15.9. The number of carbonyl (C=O) groups is 2. The Morgan fingerprint density at radius 1 is 1.04 bits per heavy atom. The normalized spacial score (nSPS) is 11.3. The highest BCUT2D eigenvalue weighted by Gasteiger charge is 2.39. The van der Waals surface area contributed by atoms with Crippen LogP contribution in [0, 0.1) is 5.41 Å². The van der Waals surface area contributed by atoms with Crippen molar-refractivity contribution in [2.45, 2.75) is 46.8 Å². The Morgan fingerprint density at radius 3 is 2.23 bits per heavy atom. The molecular weight excluding hydrogens is 326 g/mol. The average molecular weight is 353 g/mol. The number of pyridine rings is 1. The SMILES string of the molecule is CC(C)N(Cc1ccccc1)C(=O)C(C)(C)C(=O)NCc1ccncc1. The third kappa shape index (κ3) is 4.91. The van der Waals surface area contributed by atoms with Crippen LogP contribution < -0.4 is 5.32 Å². The van der Waals surface area contributed by atoms with Crippen molar-refractivity contribution in [2.24, 2.45) is 5.41 Å². The second-order valence-electron chi connectivity index (χ2n) is 7.18. The number of amides is 2. The van der Waals surface area contributed by atoms with Gasteiger partial charge in [-0.1, -0.05) is 30.3 Å². The van der Waals surface area contributed by atoms with Gasteiger partial charge in [0.15, 0.2) is 0 Å². The van der Waals surface area contributed by atoms with Crippen LogP contribution in [0.15, 0.2) is 54.9 Å². The molecule has 0 spiro atoms. The first kappa shape index (κ1) is 19.6. The number of aromatic nitrogens is 1. The van der Waals surface area contributed by atoms with E-state index in [0.29, 0.717) is 13.1 Å². The molecule has 2 amide bonds. The molecule has 26 heavy (non-hydrogen) atoms. The molecule has 138 valence electrons. The fraction of sp³-hybridized carbons (Fsp3) is 0.381. The van der Waals surface area contributed by atoms with E-state index in [-0.39, 0.29) is 17.9 Å². The monoisotopic (exact) mass is 353 g/mol. The smallest absolute Gasteiger partial charge is 0.238 e. The highest BCUT2D eigenvalue weighted by Crippen LogP contribution is 2.23. The molecule has 0 fully saturated rings. The quantitative estimate of drug-likeness (QED) is 0.778. The summed E-state index contributed by atoms with van der Waals surface area (Å²) in [4.78, 5) is 31.5. The van der Waals surface area contributed by atoms with Crippen LogP contribution in [-0.2, 0) is 22.7 Å². The van der Waals surface area contributed by atoms with Crippen molar-refractivity contribution < 1.29 is 9.59 Å². The lowest BCUT2D eigenvalue weighted by atomic mass is 9.89. The van der Waals surface area contributed by atoms with Crippen LogP contribution >= 0.6 is 0 Å². The Hall–Kier alpha value is -2.69. The van der Waals surface area contributed by atoms with E-state index in [1.54, 1.807) is 31.1 Å². The first-order chi connectivity index (χ1) is 12.3. The highest BCUT2D eigenvalue weighted by atomic mass is 16.2. The first-order valence-corrected chi connectivity index (χ1v) is 8.84. The van der Waals surface area contributed by atoms with Gasteiger partial charge in [0.25, 0.3) is 0 Å². The minimum Gasteiger partial charge on any atom is -0.351 e. The first-order valence-electron chi connectivity index (χ1n) is 8.84. The van der Waals surface area contributed by atoms with Crippen LogP contribution in [0.4, 0.5) is 0 Å². The number of hydrogen-bond donors (Lipinski definition) is 1. The predicted molar refractivity (Wildman–Crippen MR) is 102 cm³/mol. The van der Waals surface area contributed by atoms with Gasteiger partial charge >= 0.3 is 0 Å². The number of hydrogen-bond acceptors (Lipinski definition) is 3. The van der Waals surface area contributed by atoms with Gasteiger partial charge in [-0.2, -0.15) is 0 Å². The van der Waals surface area contributed by atoms with Crippen LogP contribution in [0.1, 0.15) is 38.8 Å². The number of nitrogens with zero attached hydrogens (tertiary/aromatic N) is 2. The van der Waals surface area contributed by atoms with Gasteiger partial charge in [-0.25, -0.2) is 0 Å². The van der Waals surface area contributed by atoms with E-state index in [0.717, 1.165) is 11.1 Å². The fourth-order valence-electron chi connectivity index (χ4n) is 2.63. The Labute approximate surface area is 155 Å². The molecule has 1 aromatic heterocycles. The molecule has 2 aromatic rings. The maximum Gasteiger partial charge on any atom is 0.238 e. The lowest BCUT2D eigenvalue weighted by molar-refractivity contribution is -0.150. The molecule has 0 unspecified atom stereocenters. The molecule has 0 bridgehead atoms. The third-order valence-corrected chi connectivity index (χ3v) is 4.38. The summed E-state index contributed by atoms with van der Waals surface area (Å²) < 4.78 is 0. The van der Waals surface area contributed by atoms with Crippen molar-refractivity contribution in [1.29, 1.82) is 0 Å². The average Bonchev–Trinajstić information content (AvgIpc) is 2.65. The molecule has 1 aromatic carbocycles. The molecule has 0 saturated heterocycles. The van der Waals surface area contributed by atoms with E-state index >= 15 is 0 Å². The standard InChI is InChI=1S/C21H27N3O2/c1-16(2)24(15-18-8-6-5-7-9-18)20(26)21(3,4)19(25)23-14-17-10-12-22-13-11-17/h5-13,16H,14-15H2,1-4H3,(H,23,25).